The highest BCUT2D eigenvalue weighted by Gasteiger charge is 2.32. The quantitative estimate of drug-likeness (QED) is 0.720. The molecular weight excluding hydrogens is 367 g/mol. The Morgan fingerprint density at radius 1 is 1.30 bits per heavy atom. The van der Waals surface area contributed by atoms with Gasteiger partial charge < -0.3 is 10.1 Å². The predicted molar refractivity (Wildman–Crippen MR) is 87.7 cm³/mol. The molecule has 3 aromatic rings. The second-order valence-corrected chi connectivity index (χ2v) is 5.62. The zero-order valence-electron chi connectivity index (χ0n) is 14.0. The number of rotatable bonds is 5. The standard InChI is InChI=1S/C16H14F3N5O3/c1-23-14-11(7-22-23)15(26)24(9-21-14)8-13(25)20-6-10-4-2-3-5-12(10)27-16(17,18)19/h2-5,7,9H,6,8H2,1H3,(H,20,25). The first-order chi connectivity index (χ1) is 12.7. The Kier molecular flexibility index (Phi) is 4.84. The number of aromatic nitrogens is 4. The molecule has 3 rings (SSSR count). The number of hydrogen-bond acceptors (Lipinski definition) is 5. The number of amides is 1. The maximum absolute atomic E-state index is 12.4. The second kappa shape index (κ2) is 7.09. The van der Waals surface area contributed by atoms with Gasteiger partial charge in [-0.1, -0.05) is 18.2 Å². The Labute approximate surface area is 150 Å². The highest BCUT2D eigenvalue weighted by Crippen LogP contribution is 2.26. The van der Waals surface area contributed by atoms with E-state index in [0.717, 1.165) is 10.6 Å². The summed E-state index contributed by atoms with van der Waals surface area (Å²) >= 11 is 0. The Morgan fingerprint density at radius 3 is 2.78 bits per heavy atom. The Hall–Kier alpha value is -3.37. The second-order valence-electron chi connectivity index (χ2n) is 5.62. The van der Waals surface area contributed by atoms with E-state index in [1.807, 2.05) is 0 Å². The molecule has 0 saturated heterocycles. The minimum atomic E-state index is -4.84. The molecule has 0 fully saturated rings. The lowest BCUT2D eigenvalue weighted by Crippen LogP contribution is -2.32. The zero-order valence-corrected chi connectivity index (χ0v) is 14.0. The summed E-state index contributed by atoms with van der Waals surface area (Å²) in [6.45, 7) is -0.526. The van der Waals surface area contributed by atoms with Crippen molar-refractivity contribution in [2.24, 2.45) is 7.05 Å². The molecule has 8 nitrogen and oxygen atoms in total. The monoisotopic (exact) mass is 381 g/mol. The van der Waals surface area contributed by atoms with Crippen LogP contribution >= 0.6 is 0 Å². The molecule has 1 amide bonds. The molecule has 1 aromatic carbocycles. The molecule has 11 heteroatoms. The minimum Gasteiger partial charge on any atom is -0.405 e. The lowest BCUT2D eigenvalue weighted by atomic mass is 10.2. The van der Waals surface area contributed by atoms with Gasteiger partial charge in [-0.05, 0) is 6.07 Å². The number of fused-ring (bicyclic) bond motifs is 1. The first-order valence-electron chi connectivity index (χ1n) is 7.72. The number of halogens is 3. The number of para-hydroxylation sites is 1. The Morgan fingerprint density at radius 2 is 2.04 bits per heavy atom. The van der Waals surface area contributed by atoms with E-state index in [4.69, 9.17) is 0 Å². The van der Waals surface area contributed by atoms with Crippen LogP contribution in [-0.2, 0) is 24.9 Å². The number of alkyl halides is 3. The number of nitrogens with one attached hydrogen (secondary N) is 1. The predicted octanol–water partition coefficient (Wildman–Crippen LogP) is 1.34. The lowest BCUT2D eigenvalue weighted by molar-refractivity contribution is -0.274. The molecule has 2 heterocycles. The van der Waals surface area contributed by atoms with Crippen molar-refractivity contribution in [3.63, 3.8) is 0 Å². The van der Waals surface area contributed by atoms with Gasteiger partial charge in [0.05, 0.1) is 6.20 Å². The van der Waals surface area contributed by atoms with Crippen molar-refractivity contribution < 1.29 is 22.7 Å². The number of carbonyl (C=O) groups is 1. The fraction of sp³-hybridized carbons (Fsp3) is 0.250. The summed E-state index contributed by atoms with van der Waals surface area (Å²) in [5, 5.41) is 6.65. The lowest BCUT2D eigenvalue weighted by Gasteiger charge is -2.13. The molecule has 0 bridgehead atoms. The van der Waals surface area contributed by atoms with Gasteiger partial charge in [-0.15, -0.1) is 13.2 Å². The van der Waals surface area contributed by atoms with Crippen LogP contribution in [0.15, 0.2) is 41.6 Å². The van der Waals surface area contributed by atoms with Gasteiger partial charge in [-0.3, -0.25) is 18.8 Å². The van der Waals surface area contributed by atoms with Gasteiger partial charge in [0.15, 0.2) is 5.65 Å². The highest BCUT2D eigenvalue weighted by atomic mass is 19.4. The Bertz CT molecular complexity index is 1040. The minimum absolute atomic E-state index is 0.149. The fourth-order valence-electron chi connectivity index (χ4n) is 2.46. The van der Waals surface area contributed by atoms with E-state index >= 15 is 0 Å². The molecule has 0 radical (unpaired) electrons. The van der Waals surface area contributed by atoms with E-state index in [-0.39, 0.29) is 24.0 Å². The van der Waals surface area contributed by atoms with E-state index in [1.54, 1.807) is 7.05 Å². The Balaban J connectivity index is 1.69. The van der Waals surface area contributed by atoms with Crippen molar-refractivity contribution in [1.29, 1.82) is 0 Å². The van der Waals surface area contributed by atoms with Crippen molar-refractivity contribution in [1.82, 2.24) is 24.6 Å². The molecular formula is C16H14F3N5O3. The maximum atomic E-state index is 12.4. The van der Waals surface area contributed by atoms with Crippen LogP contribution in [0.4, 0.5) is 13.2 Å². The zero-order chi connectivity index (χ0) is 19.6. The number of aryl methyl sites for hydroxylation is 1. The van der Waals surface area contributed by atoms with Crippen molar-refractivity contribution in [3.8, 4) is 5.75 Å². The summed E-state index contributed by atoms with van der Waals surface area (Å²) in [4.78, 5) is 28.5. The summed E-state index contributed by atoms with van der Waals surface area (Å²) in [5.41, 5.74) is 0.0929. The van der Waals surface area contributed by atoms with Crippen molar-refractivity contribution in [3.05, 3.63) is 52.7 Å². The molecule has 0 spiro atoms. The van der Waals surface area contributed by atoms with Crippen LogP contribution in [0.1, 0.15) is 5.56 Å². The van der Waals surface area contributed by atoms with Crippen molar-refractivity contribution in [2.75, 3.05) is 0 Å². The molecule has 0 aliphatic rings. The molecule has 27 heavy (non-hydrogen) atoms. The van der Waals surface area contributed by atoms with Crippen LogP contribution in [0.3, 0.4) is 0 Å². The van der Waals surface area contributed by atoms with E-state index in [1.165, 1.54) is 35.4 Å². The van der Waals surface area contributed by atoms with E-state index in [2.05, 4.69) is 20.1 Å². The van der Waals surface area contributed by atoms with Gasteiger partial charge in [0, 0.05) is 19.2 Å². The van der Waals surface area contributed by atoms with Crippen LogP contribution in [0.25, 0.3) is 11.0 Å². The summed E-state index contributed by atoms with van der Waals surface area (Å²) in [5.74, 6) is -0.968. The van der Waals surface area contributed by atoms with E-state index in [9.17, 15) is 22.8 Å². The van der Waals surface area contributed by atoms with Crippen LogP contribution in [0, 0.1) is 0 Å². The normalized spacial score (nSPS) is 11.6. The van der Waals surface area contributed by atoms with Gasteiger partial charge in [-0.25, -0.2) is 4.98 Å². The fourth-order valence-corrected chi connectivity index (χ4v) is 2.46. The van der Waals surface area contributed by atoms with Gasteiger partial charge in [0.25, 0.3) is 5.56 Å². The van der Waals surface area contributed by atoms with Crippen LogP contribution in [0.2, 0.25) is 0 Å². The van der Waals surface area contributed by atoms with E-state index < -0.39 is 23.6 Å². The smallest absolute Gasteiger partial charge is 0.405 e. The summed E-state index contributed by atoms with van der Waals surface area (Å²) in [6, 6.07) is 5.46. The summed E-state index contributed by atoms with van der Waals surface area (Å²) < 4.78 is 43.7. The van der Waals surface area contributed by atoms with E-state index in [0.29, 0.717) is 5.65 Å². The van der Waals surface area contributed by atoms with Crippen LogP contribution in [0.5, 0.6) is 5.75 Å². The molecule has 0 aliphatic carbocycles. The first kappa shape index (κ1) is 18.4. The van der Waals surface area contributed by atoms with Gasteiger partial charge in [-0.2, -0.15) is 5.10 Å². The third-order valence-corrected chi connectivity index (χ3v) is 3.71. The van der Waals surface area contributed by atoms with Gasteiger partial charge >= 0.3 is 6.36 Å². The van der Waals surface area contributed by atoms with Crippen molar-refractivity contribution >= 4 is 16.9 Å². The van der Waals surface area contributed by atoms with Crippen molar-refractivity contribution in [2.45, 2.75) is 19.5 Å². The topological polar surface area (TPSA) is 91.0 Å². The molecule has 0 unspecified atom stereocenters. The first-order valence-corrected chi connectivity index (χ1v) is 7.72. The summed E-state index contributed by atoms with van der Waals surface area (Å²) in [6.07, 6.45) is -2.27. The molecule has 0 aliphatic heterocycles. The molecule has 0 atom stereocenters. The molecule has 2 aromatic heterocycles. The number of ether oxygens (including phenoxy) is 1. The third-order valence-electron chi connectivity index (χ3n) is 3.71. The molecule has 0 saturated carbocycles. The third kappa shape index (κ3) is 4.25. The van der Waals surface area contributed by atoms with Gasteiger partial charge in [0.1, 0.15) is 24.0 Å². The summed E-state index contributed by atoms with van der Waals surface area (Å²) in [7, 11) is 1.63. The number of carbonyl (C=O) groups excluding carboxylic acids is 1. The largest absolute Gasteiger partial charge is 0.573 e. The maximum Gasteiger partial charge on any atom is 0.573 e. The molecule has 1 N–H and O–H groups in total. The highest BCUT2D eigenvalue weighted by molar-refractivity contribution is 5.77. The number of benzene rings is 1. The van der Waals surface area contributed by atoms with Crippen LogP contribution in [-0.4, -0.2) is 31.6 Å². The number of nitrogens with zero attached hydrogens (tertiary/aromatic N) is 4. The SMILES string of the molecule is Cn1ncc2c(=O)n(CC(=O)NCc3ccccc3OC(F)(F)F)cnc21. The van der Waals surface area contributed by atoms with Gasteiger partial charge in [0.2, 0.25) is 5.91 Å². The number of hydrogen-bond donors (Lipinski definition) is 1. The average molecular weight is 381 g/mol. The van der Waals surface area contributed by atoms with Crippen LogP contribution < -0.4 is 15.6 Å². The molecule has 142 valence electrons. The average Bonchev–Trinajstić information content (AvgIpc) is 2.97.